The Bertz CT molecular complexity index is 1010. The SMILES string of the molecule is Oc1c2c(Cl)cc(-c3cnc[nH]3)cc2cn1Cc1ccc(Cl)cc1. The lowest BCUT2D eigenvalue weighted by Gasteiger charge is -2.05. The summed E-state index contributed by atoms with van der Waals surface area (Å²) in [5.41, 5.74) is 2.84. The van der Waals surface area contributed by atoms with Gasteiger partial charge in [-0.15, -0.1) is 0 Å². The second kappa shape index (κ2) is 5.89. The molecule has 2 heterocycles. The van der Waals surface area contributed by atoms with Gasteiger partial charge in [-0.2, -0.15) is 0 Å². The number of H-pyrrole nitrogens is 1. The molecule has 2 aromatic heterocycles. The van der Waals surface area contributed by atoms with Crippen LogP contribution in [0.2, 0.25) is 10.0 Å². The predicted octanol–water partition coefficient (Wildman–Crippen LogP) is 5.09. The molecular formula is C18H13Cl2N3O. The summed E-state index contributed by atoms with van der Waals surface area (Å²) in [7, 11) is 0. The third-order valence-corrected chi connectivity index (χ3v) is 4.54. The smallest absolute Gasteiger partial charge is 0.200 e. The van der Waals surface area contributed by atoms with E-state index in [2.05, 4.69) is 9.97 Å². The van der Waals surface area contributed by atoms with E-state index in [0.717, 1.165) is 22.2 Å². The quantitative estimate of drug-likeness (QED) is 0.536. The van der Waals surface area contributed by atoms with Gasteiger partial charge in [-0.3, -0.25) is 0 Å². The number of imidazole rings is 1. The number of aromatic amines is 1. The molecule has 4 nitrogen and oxygen atoms in total. The first-order valence-electron chi connectivity index (χ1n) is 7.36. The Morgan fingerprint density at radius 1 is 1.12 bits per heavy atom. The summed E-state index contributed by atoms with van der Waals surface area (Å²) in [4.78, 5) is 7.09. The molecule has 2 aromatic carbocycles. The molecule has 6 heteroatoms. The lowest BCUT2D eigenvalue weighted by molar-refractivity contribution is 0.430. The van der Waals surface area contributed by atoms with Crippen LogP contribution >= 0.6 is 23.2 Å². The number of rotatable bonds is 3. The van der Waals surface area contributed by atoms with E-state index in [4.69, 9.17) is 23.2 Å². The van der Waals surface area contributed by atoms with Gasteiger partial charge in [-0.1, -0.05) is 35.3 Å². The summed E-state index contributed by atoms with van der Waals surface area (Å²) in [5.74, 6) is 0.154. The van der Waals surface area contributed by atoms with Gasteiger partial charge < -0.3 is 14.7 Å². The van der Waals surface area contributed by atoms with Crippen LogP contribution < -0.4 is 0 Å². The van der Waals surface area contributed by atoms with Crippen molar-refractivity contribution in [1.82, 2.24) is 14.5 Å². The standard InChI is InChI=1S/C18H13Cl2N3O/c19-14-3-1-11(2-4-14)8-23-9-13-5-12(16-7-21-10-22-16)6-15(20)17(13)18(23)24/h1-7,9-10,24H,8H2,(H,21,22). The van der Waals surface area contributed by atoms with Crippen molar-refractivity contribution in [2.24, 2.45) is 0 Å². The summed E-state index contributed by atoms with van der Waals surface area (Å²) in [6.07, 6.45) is 5.25. The highest BCUT2D eigenvalue weighted by Crippen LogP contribution is 2.37. The predicted molar refractivity (Wildman–Crippen MR) is 96.7 cm³/mol. The van der Waals surface area contributed by atoms with E-state index in [1.807, 2.05) is 42.6 Å². The van der Waals surface area contributed by atoms with Crippen molar-refractivity contribution in [3.05, 3.63) is 70.7 Å². The molecule has 4 aromatic rings. The molecule has 4 rings (SSSR count). The number of nitrogens with one attached hydrogen (secondary N) is 1. The van der Waals surface area contributed by atoms with Crippen molar-refractivity contribution in [2.45, 2.75) is 6.54 Å². The number of nitrogens with zero attached hydrogens (tertiary/aromatic N) is 2. The van der Waals surface area contributed by atoms with Crippen LogP contribution in [0.5, 0.6) is 5.88 Å². The van der Waals surface area contributed by atoms with E-state index in [0.29, 0.717) is 22.0 Å². The maximum Gasteiger partial charge on any atom is 0.200 e. The zero-order valence-corrected chi connectivity index (χ0v) is 14.0. The minimum Gasteiger partial charge on any atom is -0.494 e. The first-order chi connectivity index (χ1) is 11.6. The molecule has 0 atom stereocenters. The van der Waals surface area contributed by atoms with Crippen LogP contribution in [0.1, 0.15) is 5.56 Å². The third-order valence-electron chi connectivity index (χ3n) is 3.99. The lowest BCUT2D eigenvalue weighted by atomic mass is 10.1. The number of hydrogen-bond acceptors (Lipinski definition) is 2. The van der Waals surface area contributed by atoms with Gasteiger partial charge in [-0.25, -0.2) is 4.98 Å². The van der Waals surface area contributed by atoms with Crippen LogP contribution in [0.3, 0.4) is 0 Å². The molecule has 0 fully saturated rings. The molecule has 24 heavy (non-hydrogen) atoms. The van der Waals surface area contributed by atoms with Gasteiger partial charge in [0.15, 0.2) is 0 Å². The lowest BCUT2D eigenvalue weighted by Crippen LogP contribution is -1.96. The molecule has 0 unspecified atom stereocenters. The van der Waals surface area contributed by atoms with Crippen LogP contribution in [0.4, 0.5) is 0 Å². The number of halogens is 2. The first-order valence-corrected chi connectivity index (χ1v) is 8.12. The second-order valence-electron chi connectivity index (χ2n) is 5.59. The van der Waals surface area contributed by atoms with E-state index in [1.165, 1.54) is 0 Å². The second-order valence-corrected chi connectivity index (χ2v) is 6.44. The Balaban J connectivity index is 1.79. The van der Waals surface area contributed by atoms with E-state index in [9.17, 15) is 5.11 Å². The summed E-state index contributed by atoms with van der Waals surface area (Å²) in [5, 5.41) is 13.3. The van der Waals surface area contributed by atoms with Gasteiger partial charge in [-0.05, 0) is 29.8 Å². The summed E-state index contributed by atoms with van der Waals surface area (Å²) in [6.45, 7) is 0.535. The number of fused-ring (bicyclic) bond motifs is 1. The molecule has 0 aliphatic heterocycles. The van der Waals surface area contributed by atoms with Crippen molar-refractivity contribution < 1.29 is 5.11 Å². The van der Waals surface area contributed by atoms with Crippen molar-refractivity contribution in [2.75, 3.05) is 0 Å². The van der Waals surface area contributed by atoms with Crippen LogP contribution in [0.15, 0.2) is 55.1 Å². The minimum absolute atomic E-state index is 0.154. The number of hydrogen-bond donors (Lipinski definition) is 2. The Morgan fingerprint density at radius 2 is 1.92 bits per heavy atom. The molecule has 2 N–H and O–H groups in total. The van der Waals surface area contributed by atoms with E-state index >= 15 is 0 Å². The van der Waals surface area contributed by atoms with Gasteiger partial charge in [0.1, 0.15) is 0 Å². The molecule has 0 saturated carbocycles. The van der Waals surface area contributed by atoms with E-state index < -0.39 is 0 Å². The van der Waals surface area contributed by atoms with Crippen molar-refractivity contribution in [1.29, 1.82) is 0 Å². The van der Waals surface area contributed by atoms with Crippen molar-refractivity contribution in [3.8, 4) is 17.1 Å². The summed E-state index contributed by atoms with van der Waals surface area (Å²) < 4.78 is 1.77. The zero-order valence-electron chi connectivity index (χ0n) is 12.5. The molecule has 0 spiro atoms. The summed E-state index contributed by atoms with van der Waals surface area (Å²) >= 11 is 12.3. The monoisotopic (exact) mass is 357 g/mol. The normalized spacial score (nSPS) is 11.2. The molecular weight excluding hydrogens is 345 g/mol. The third kappa shape index (κ3) is 2.64. The molecule has 120 valence electrons. The maximum absolute atomic E-state index is 10.5. The van der Waals surface area contributed by atoms with Gasteiger partial charge in [0, 0.05) is 22.2 Å². The Morgan fingerprint density at radius 3 is 2.62 bits per heavy atom. The van der Waals surface area contributed by atoms with Gasteiger partial charge in [0.05, 0.1) is 35.2 Å². The Hall–Kier alpha value is -2.43. The highest BCUT2D eigenvalue weighted by molar-refractivity contribution is 6.36. The zero-order chi connectivity index (χ0) is 16.7. The highest BCUT2D eigenvalue weighted by Gasteiger charge is 2.14. The molecule has 0 radical (unpaired) electrons. The Labute approximate surface area is 148 Å². The highest BCUT2D eigenvalue weighted by atomic mass is 35.5. The van der Waals surface area contributed by atoms with Crippen LogP contribution in [-0.4, -0.2) is 19.6 Å². The molecule has 0 amide bonds. The van der Waals surface area contributed by atoms with Crippen LogP contribution in [-0.2, 0) is 6.54 Å². The molecule has 0 bridgehead atoms. The number of benzene rings is 2. The fourth-order valence-corrected chi connectivity index (χ4v) is 3.25. The van der Waals surface area contributed by atoms with Crippen molar-refractivity contribution in [3.63, 3.8) is 0 Å². The van der Waals surface area contributed by atoms with Crippen molar-refractivity contribution >= 4 is 34.0 Å². The fraction of sp³-hybridized carbons (Fsp3) is 0.0556. The van der Waals surface area contributed by atoms with Crippen LogP contribution in [0.25, 0.3) is 22.0 Å². The van der Waals surface area contributed by atoms with Gasteiger partial charge in [0.25, 0.3) is 0 Å². The first kappa shape index (κ1) is 15.1. The minimum atomic E-state index is 0.154. The molecule has 0 saturated heterocycles. The number of aromatic nitrogens is 3. The summed E-state index contributed by atoms with van der Waals surface area (Å²) in [6, 6.07) is 11.3. The van der Waals surface area contributed by atoms with Crippen LogP contribution in [0, 0.1) is 0 Å². The molecule has 0 aliphatic carbocycles. The van der Waals surface area contributed by atoms with Gasteiger partial charge >= 0.3 is 0 Å². The maximum atomic E-state index is 10.5. The topological polar surface area (TPSA) is 53.8 Å². The van der Waals surface area contributed by atoms with Gasteiger partial charge in [0.2, 0.25) is 5.88 Å². The number of aromatic hydroxyl groups is 1. The molecule has 0 aliphatic rings. The largest absolute Gasteiger partial charge is 0.494 e. The Kier molecular flexibility index (Phi) is 3.71. The van der Waals surface area contributed by atoms with E-state index in [1.54, 1.807) is 17.1 Å². The van der Waals surface area contributed by atoms with E-state index in [-0.39, 0.29) is 5.88 Å². The average molecular weight is 358 g/mol. The average Bonchev–Trinajstić information content (AvgIpc) is 3.19. The fourth-order valence-electron chi connectivity index (χ4n) is 2.81.